The third-order valence-electron chi connectivity index (χ3n) is 5.02. The van der Waals surface area contributed by atoms with E-state index in [9.17, 15) is 0 Å². The third-order valence-corrected chi connectivity index (χ3v) is 6.00. The Morgan fingerprint density at radius 2 is 1.90 bits per heavy atom. The normalized spacial score (nSPS) is 20.3. The van der Waals surface area contributed by atoms with Gasteiger partial charge in [-0.2, -0.15) is 0 Å². The molecule has 1 fully saturated rings. The Morgan fingerprint density at radius 3 is 2.40 bits per heavy atom. The van der Waals surface area contributed by atoms with E-state index in [0.717, 1.165) is 6.54 Å². The second kappa shape index (κ2) is 6.59. The van der Waals surface area contributed by atoms with Gasteiger partial charge in [-0.05, 0) is 59.3 Å². The molecule has 0 aliphatic heterocycles. The lowest BCUT2D eigenvalue weighted by Gasteiger charge is -2.44. The summed E-state index contributed by atoms with van der Waals surface area (Å²) in [5, 5.41) is 3.81. The summed E-state index contributed by atoms with van der Waals surface area (Å²) in [6.45, 7) is 7.86. The SMILES string of the molecule is Cc1cc(C(C)NCC2(N(C)C)CCCCC2)c(C)s1. The number of hydrogen-bond donors (Lipinski definition) is 1. The van der Waals surface area contributed by atoms with Crippen LogP contribution in [0.3, 0.4) is 0 Å². The van der Waals surface area contributed by atoms with Gasteiger partial charge < -0.3 is 10.2 Å². The molecule has 0 radical (unpaired) electrons. The quantitative estimate of drug-likeness (QED) is 0.872. The second-order valence-corrected chi connectivity index (χ2v) is 8.11. The smallest absolute Gasteiger partial charge is 0.0328 e. The monoisotopic (exact) mass is 294 g/mol. The van der Waals surface area contributed by atoms with Crippen LogP contribution in [0.5, 0.6) is 0 Å². The standard InChI is InChI=1S/C17H30N2S/c1-13-11-16(15(3)20-13)14(2)18-12-17(19(4)5)9-7-6-8-10-17/h11,14,18H,6-10,12H2,1-5H3. The predicted octanol–water partition coefficient (Wildman–Crippen LogP) is 4.28. The highest BCUT2D eigenvalue weighted by molar-refractivity contribution is 7.12. The van der Waals surface area contributed by atoms with Crippen LogP contribution < -0.4 is 5.32 Å². The molecule has 114 valence electrons. The average Bonchev–Trinajstić information content (AvgIpc) is 2.76. The van der Waals surface area contributed by atoms with Gasteiger partial charge in [0.05, 0.1) is 0 Å². The number of thiophene rings is 1. The molecule has 1 aromatic rings. The molecule has 1 aromatic heterocycles. The fourth-order valence-electron chi connectivity index (χ4n) is 3.53. The van der Waals surface area contributed by atoms with E-state index in [1.165, 1.54) is 47.4 Å². The maximum atomic E-state index is 3.81. The Morgan fingerprint density at radius 1 is 1.25 bits per heavy atom. The molecule has 0 amide bonds. The van der Waals surface area contributed by atoms with Gasteiger partial charge in [-0.25, -0.2) is 0 Å². The summed E-state index contributed by atoms with van der Waals surface area (Å²) in [6.07, 6.45) is 6.84. The molecule has 1 heterocycles. The lowest BCUT2D eigenvalue weighted by molar-refractivity contribution is 0.0958. The summed E-state index contributed by atoms with van der Waals surface area (Å²) in [4.78, 5) is 5.34. The van der Waals surface area contributed by atoms with Crippen LogP contribution >= 0.6 is 11.3 Å². The van der Waals surface area contributed by atoms with E-state index in [-0.39, 0.29) is 0 Å². The van der Waals surface area contributed by atoms with Crippen molar-refractivity contribution in [3.8, 4) is 0 Å². The lowest BCUT2D eigenvalue weighted by atomic mass is 9.80. The first-order valence-electron chi connectivity index (χ1n) is 7.92. The Labute approximate surface area is 128 Å². The van der Waals surface area contributed by atoms with E-state index in [1.54, 1.807) is 0 Å². The lowest BCUT2D eigenvalue weighted by Crippen LogP contribution is -2.53. The molecular weight excluding hydrogens is 264 g/mol. The Balaban J connectivity index is 2.00. The van der Waals surface area contributed by atoms with Crippen molar-refractivity contribution in [1.82, 2.24) is 10.2 Å². The number of aryl methyl sites for hydroxylation is 2. The molecule has 1 aliphatic carbocycles. The van der Waals surface area contributed by atoms with Crippen molar-refractivity contribution in [1.29, 1.82) is 0 Å². The van der Waals surface area contributed by atoms with Gasteiger partial charge in [-0.3, -0.25) is 0 Å². The van der Waals surface area contributed by atoms with Crippen molar-refractivity contribution < 1.29 is 0 Å². The molecule has 0 aromatic carbocycles. The van der Waals surface area contributed by atoms with Gasteiger partial charge in [0.1, 0.15) is 0 Å². The zero-order chi connectivity index (χ0) is 14.8. The Bertz CT molecular complexity index is 430. The van der Waals surface area contributed by atoms with E-state index >= 15 is 0 Å². The average molecular weight is 295 g/mol. The van der Waals surface area contributed by atoms with Crippen molar-refractivity contribution in [3.05, 3.63) is 21.4 Å². The van der Waals surface area contributed by atoms with Crippen LogP contribution in [0.4, 0.5) is 0 Å². The molecule has 0 bridgehead atoms. The van der Waals surface area contributed by atoms with Crippen LogP contribution in [-0.2, 0) is 0 Å². The van der Waals surface area contributed by atoms with Crippen molar-refractivity contribution >= 4 is 11.3 Å². The molecule has 1 aliphatic rings. The fourth-order valence-corrected chi connectivity index (χ4v) is 4.55. The number of nitrogens with one attached hydrogen (secondary N) is 1. The second-order valence-electron chi connectivity index (χ2n) is 6.65. The molecule has 1 atom stereocenters. The molecule has 1 unspecified atom stereocenters. The molecule has 2 nitrogen and oxygen atoms in total. The van der Waals surface area contributed by atoms with Crippen LogP contribution in [0.2, 0.25) is 0 Å². The molecular formula is C17H30N2S. The van der Waals surface area contributed by atoms with Crippen LogP contribution in [0.1, 0.15) is 60.4 Å². The first-order valence-corrected chi connectivity index (χ1v) is 8.74. The molecule has 2 rings (SSSR count). The molecule has 1 N–H and O–H groups in total. The number of nitrogens with zero attached hydrogens (tertiary/aromatic N) is 1. The molecule has 1 saturated carbocycles. The maximum absolute atomic E-state index is 3.81. The molecule has 20 heavy (non-hydrogen) atoms. The minimum absolute atomic E-state index is 0.367. The summed E-state index contributed by atoms with van der Waals surface area (Å²) in [7, 11) is 4.50. The fraction of sp³-hybridized carbons (Fsp3) is 0.765. The zero-order valence-corrected chi connectivity index (χ0v) is 14.6. The summed E-state index contributed by atoms with van der Waals surface area (Å²) < 4.78 is 0. The minimum atomic E-state index is 0.367. The van der Waals surface area contributed by atoms with Gasteiger partial charge in [-0.1, -0.05) is 19.3 Å². The van der Waals surface area contributed by atoms with E-state index in [2.05, 4.69) is 51.1 Å². The Kier molecular flexibility index (Phi) is 5.27. The largest absolute Gasteiger partial charge is 0.308 e. The summed E-state index contributed by atoms with van der Waals surface area (Å²) in [5.41, 5.74) is 1.85. The molecule has 0 spiro atoms. The van der Waals surface area contributed by atoms with Gasteiger partial charge in [0.25, 0.3) is 0 Å². The molecule has 0 saturated heterocycles. The van der Waals surface area contributed by atoms with Crippen LogP contribution in [0, 0.1) is 13.8 Å². The van der Waals surface area contributed by atoms with Crippen LogP contribution in [0.25, 0.3) is 0 Å². The van der Waals surface area contributed by atoms with Crippen LogP contribution in [0.15, 0.2) is 6.07 Å². The third kappa shape index (κ3) is 3.44. The number of likely N-dealkylation sites (N-methyl/N-ethyl adjacent to an activating group) is 1. The summed E-state index contributed by atoms with van der Waals surface area (Å²) in [5.74, 6) is 0. The van der Waals surface area contributed by atoms with E-state index in [0.29, 0.717) is 11.6 Å². The van der Waals surface area contributed by atoms with Gasteiger partial charge in [0, 0.05) is 27.9 Å². The van der Waals surface area contributed by atoms with Gasteiger partial charge in [-0.15, -0.1) is 11.3 Å². The van der Waals surface area contributed by atoms with E-state index in [4.69, 9.17) is 0 Å². The number of hydrogen-bond acceptors (Lipinski definition) is 3. The minimum Gasteiger partial charge on any atom is -0.308 e. The highest BCUT2D eigenvalue weighted by Crippen LogP contribution is 2.33. The highest BCUT2D eigenvalue weighted by atomic mass is 32.1. The predicted molar refractivity (Wildman–Crippen MR) is 89.7 cm³/mol. The van der Waals surface area contributed by atoms with E-state index in [1.807, 2.05) is 11.3 Å². The van der Waals surface area contributed by atoms with Gasteiger partial charge in [0.15, 0.2) is 0 Å². The first kappa shape index (κ1) is 16.0. The molecule has 3 heteroatoms. The zero-order valence-electron chi connectivity index (χ0n) is 13.8. The summed E-state index contributed by atoms with van der Waals surface area (Å²) in [6, 6.07) is 2.81. The van der Waals surface area contributed by atoms with Crippen LogP contribution in [-0.4, -0.2) is 31.1 Å². The van der Waals surface area contributed by atoms with Crippen molar-refractivity contribution in [2.45, 2.75) is 64.5 Å². The Hall–Kier alpha value is -0.380. The maximum Gasteiger partial charge on any atom is 0.0328 e. The van der Waals surface area contributed by atoms with E-state index < -0.39 is 0 Å². The summed E-state index contributed by atoms with van der Waals surface area (Å²) >= 11 is 1.91. The topological polar surface area (TPSA) is 15.3 Å². The van der Waals surface area contributed by atoms with Crippen molar-refractivity contribution in [3.63, 3.8) is 0 Å². The van der Waals surface area contributed by atoms with Gasteiger partial charge in [0.2, 0.25) is 0 Å². The first-order chi connectivity index (χ1) is 9.44. The highest BCUT2D eigenvalue weighted by Gasteiger charge is 2.34. The van der Waals surface area contributed by atoms with Gasteiger partial charge >= 0.3 is 0 Å². The number of rotatable bonds is 5. The van der Waals surface area contributed by atoms with Crippen molar-refractivity contribution in [2.24, 2.45) is 0 Å². The van der Waals surface area contributed by atoms with Crippen molar-refractivity contribution in [2.75, 3.05) is 20.6 Å².